The highest BCUT2D eigenvalue weighted by atomic mass is 35.5. The monoisotopic (exact) mass is 292 g/mol. The SMILES string of the molecule is CN(Cc1ccc(F)cc1)C(=O)c1cccc(N)c1Cl. The molecule has 0 unspecified atom stereocenters. The number of halogens is 2. The van der Waals surface area contributed by atoms with E-state index in [0.717, 1.165) is 5.56 Å². The summed E-state index contributed by atoms with van der Waals surface area (Å²) in [6.45, 7) is 0.365. The molecule has 0 aromatic heterocycles. The Morgan fingerprint density at radius 1 is 1.25 bits per heavy atom. The average Bonchev–Trinajstić information content (AvgIpc) is 2.43. The van der Waals surface area contributed by atoms with Crippen molar-refractivity contribution in [1.29, 1.82) is 0 Å². The third kappa shape index (κ3) is 3.08. The van der Waals surface area contributed by atoms with Gasteiger partial charge in [0, 0.05) is 13.6 Å². The Morgan fingerprint density at radius 3 is 2.55 bits per heavy atom. The van der Waals surface area contributed by atoms with E-state index in [1.54, 1.807) is 37.4 Å². The molecule has 0 saturated carbocycles. The Hall–Kier alpha value is -2.07. The Bertz CT molecular complexity index is 628. The van der Waals surface area contributed by atoms with Gasteiger partial charge in [-0.25, -0.2) is 4.39 Å². The molecule has 2 rings (SSSR count). The number of anilines is 1. The van der Waals surface area contributed by atoms with Crippen molar-refractivity contribution in [2.24, 2.45) is 0 Å². The summed E-state index contributed by atoms with van der Waals surface area (Å²) in [6.07, 6.45) is 0. The lowest BCUT2D eigenvalue weighted by Crippen LogP contribution is -2.26. The van der Waals surface area contributed by atoms with Gasteiger partial charge in [-0.1, -0.05) is 29.8 Å². The molecule has 104 valence electrons. The summed E-state index contributed by atoms with van der Waals surface area (Å²) >= 11 is 6.03. The number of nitrogens with zero attached hydrogens (tertiary/aromatic N) is 1. The highest BCUT2D eigenvalue weighted by Gasteiger charge is 2.16. The van der Waals surface area contributed by atoms with Crippen molar-refractivity contribution in [3.8, 4) is 0 Å². The zero-order valence-corrected chi connectivity index (χ0v) is 11.7. The minimum Gasteiger partial charge on any atom is -0.398 e. The number of nitrogens with two attached hydrogens (primary N) is 1. The molecule has 0 saturated heterocycles. The summed E-state index contributed by atoms with van der Waals surface area (Å²) in [5, 5.41) is 0.253. The summed E-state index contributed by atoms with van der Waals surface area (Å²) < 4.78 is 12.8. The lowest BCUT2D eigenvalue weighted by molar-refractivity contribution is 0.0785. The second-order valence-electron chi connectivity index (χ2n) is 4.50. The van der Waals surface area contributed by atoms with Crippen LogP contribution in [0, 0.1) is 5.82 Å². The summed E-state index contributed by atoms with van der Waals surface area (Å²) in [5.41, 5.74) is 7.24. The maximum atomic E-state index is 12.8. The van der Waals surface area contributed by atoms with Crippen LogP contribution < -0.4 is 5.73 Å². The van der Waals surface area contributed by atoms with Gasteiger partial charge in [-0.15, -0.1) is 0 Å². The Morgan fingerprint density at radius 2 is 1.90 bits per heavy atom. The predicted molar refractivity (Wildman–Crippen MR) is 78.1 cm³/mol. The van der Waals surface area contributed by atoms with Crippen LogP contribution in [0.5, 0.6) is 0 Å². The zero-order chi connectivity index (χ0) is 14.7. The van der Waals surface area contributed by atoms with E-state index in [4.69, 9.17) is 17.3 Å². The van der Waals surface area contributed by atoms with Crippen LogP contribution in [-0.2, 0) is 6.54 Å². The summed E-state index contributed by atoms with van der Waals surface area (Å²) in [7, 11) is 1.66. The van der Waals surface area contributed by atoms with E-state index in [-0.39, 0.29) is 16.7 Å². The number of hydrogen-bond acceptors (Lipinski definition) is 2. The number of hydrogen-bond donors (Lipinski definition) is 1. The number of rotatable bonds is 3. The molecule has 2 aromatic rings. The summed E-state index contributed by atoms with van der Waals surface area (Å²) in [6, 6.07) is 10.9. The van der Waals surface area contributed by atoms with Crippen molar-refractivity contribution >= 4 is 23.2 Å². The highest BCUT2D eigenvalue weighted by Crippen LogP contribution is 2.24. The fraction of sp³-hybridized carbons (Fsp3) is 0.133. The molecule has 0 atom stereocenters. The van der Waals surface area contributed by atoms with Crippen LogP contribution in [0.1, 0.15) is 15.9 Å². The van der Waals surface area contributed by atoms with E-state index in [0.29, 0.717) is 17.8 Å². The number of carbonyl (C=O) groups excluding carboxylic acids is 1. The van der Waals surface area contributed by atoms with Gasteiger partial charge >= 0.3 is 0 Å². The predicted octanol–water partition coefficient (Wildman–Crippen LogP) is 3.33. The largest absolute Gasteiger partial charge is 0.398 e. The quantitative estimate of drug-likeness (QED) is 0.882. The molecule has 0 aliphatic rings. The third-order valence-electron chi connectivity index (χ3n) is 2.94. The topological polar surface area (TPSA) is 46.3 Å². The van der Waals surface area contributed by atoms with Crippen molar-refractivity contribution in [2.75, 3.05) is 12.8 Å². The van der Waals surface area contributed by atoms with E-state index in [1.165, 1.54) is 17.0 Å². The molecule has 0 radical (unpaired) electrons. The van der Waals surface area contributed by atoms with Crippen LogP contribution in [0.15, 0.2) is 42.5 Å². The van der Waals surface area contributed by atoms with Crippen LogP contribution in [0.3, 0.4) is 0 Å². The van der Waals surface area contributed by atoms with E-state index in [2.05, 4.69) is 0 Å². The van der Waals surface area contributed by atoms with Gasteiger partial charge in [-0.3, -0.25) is 4.79 Å². The fourth-order valence-electron chi connectivity index (χ4n) is 1.86. The molecule has 2 N–H and O–H groups in total. The molecule has 0 fully saturated rings. The molecule has 3 nitrogen and oxygen atoms in total. The molecular weight excluding hydrogens is 279 g/mol. The number of nitrogen functional groups attached to an aromatic ring is 1. The molecule has 2 aromatic carbocycles. The first-order valence-electron chi connectivity index (χ1n) is 6.03. The Labute approximate surface area is 121 Å². The van der Waals surface area contributed by atoms with Crippen LogP contribution >= 0.6 is 11.6 Å². The molecule has 20 heavy (non-hydrogen) atoms. The lowest BCUT2D eigenvalue weighted by Gasteiger charge is -2.18. The van der Waals surface area contributed by atoms with Gasteiger partial charge in [0.15, 0.2) is 0 Å². The summed E-state index contributed by atoms with van der Waals surface area (Å²) in [4.78, 5) is 13.8. The Balaban J connectivity index is 2.16. The van der Waals surface area contributed by atoms with E-state index in [9.17, 15) is 9.18 Å². The van der Waals surface area contributed by atoms with Crippen LogP contribution in [0.2, 0.25) is 5.02 Å². The minimum atomic E-state index is -0.304. The van der Waals surface area contributed by atoms with E-state index >= 15 is 0 Å². The average molecular weight is 293 g/mol. The summed E-state index contributed by atoms with van der Waals surface area (Å²) in [5.74, 6) is -0.534. The van der Waals surface area contributed by atoms with Gasteiger partial charge in [0.2, 0.25) is 0 Å². The van der Waals surface area contributed by atoms with E-state index < -0.39 is 0 Å². The molecule has 0 bridgehead atoms. The van der Waals surface area contributed by atoms with Crippen molar-refractivity contribution < 1.29 is 9.18 Å². The van der Waals surface area contributed by atoms with Crippen LogP contribution in [0.4, 0.5) is 10.1 Å². The number of amides is 1. The maximum absolute atomic E-state index is 12.8. The van der Waals surface area contributed by atoms with Gasteiger partial charge in [0.05, 0.1) is 16.3 Å². The lowest BCUT2D eigenvalue weighted by atomic mass is 10.1. The second-order valence-corrected chi connectivity index (χ2v) is 4.87. The highest BCUT2D eigenvalue weighted by molar-refractivity contribution is 6.36. The first kappa shape index (κ1) is 14.3. The van der Waals surface area contributed by atoms with Crippen LogP contribution in [-0.4, -0.2) is 17.9 Å². The van der Waals surface area contributed by atoms with Gasteiger partial charge < -0.3 is 10.6 Å². The molecule has 0 heterocycles. The van der Waals surface area contributed by atoms with Crippen molar-refractivity contribution in [3.05, 3.63) is 64.4 Å². The van der Waals surface area contributed by atoms with Gasteiger partial charge in [0.1, 0.15) is 5.82 Å². The number of benzene rings is 2. The first-order chi connectivity index (χ1) is 9.49. The molecule has 5 heteroatoms. The zero-order valence-electron chi connectivity index (χ0n) is 10.9. The third-order valence-corrected chi connectivity index (χ3v) is 3.36. The smallest absolute Gasteiger partial charge is 0.255 e. The van der Waals surface area contributed by atoms with Gasteiger partial charge in [0.25, 0.3) is 5.91 Å². The molecule has 0 spiro atoms. The molecule has 0 aliphatic heterocycles. The Kier molecular flexibility index (Phi) is 4.25. The van der Waals surface area contributed by atoms with Crippen molar-refractivity contribution in [2.45, 2.75) is 6.54 Å². The normalized spacial score (nSPS) is 10.3. The molecular formula is C15H14ClFN2O. The van der Waals surface area contributed by atoms with Gasteiger partial charge in [-0.2, -0.15) is 0 Å². The second kappa shape index (κ2) is 5.92. The van der Waals surface area contributed by atoms with Crippen LogP contribution in [0.25, 0.3) is 0 Å². The van der Waals surface area contributed by atoms with Gasteiger partial charge in [-0.05, 0) is 29.8 Å². The van der Waals surface area contributed by atoms with Crippen molar-refractivity contribution in [1.82, 2.24) is 4.90 Å². The molecule has 1 amide bonds. The maximum Gasteiger partial charge on any atom is 0.255 e. The van der Waals surface area contributed by atoms with Crippen molar-refractivity contribution in [3.63, 3.8) is 0 Å². The first-order valence-corrected chi connectivity index (χ1v) is 6.40. The standard InChI is InChI=1S/C15H14ClFN2O/c1-19(9-10-5-7-11(17)8-6-10)15(20)12-3-2-4-13(18)14(12)16/h2-8H,9,18H2,1H3. The fourth-order valence-corrected chi connectivity index (χ4v) is 2.06. The number of carbonyl (C=O) groups is 1. The molecule has 0 aliphatic carbocycles. The van der Waals surface area contributed by atoms with E-state index in [1.807, 2.05) is 0 Å². The minimum absolute atomic E-state index is 0.230.